The maximum atomic E-state index is 13.5. The Morgan fingerprint density at radius 2 is 1.14 bits per heavy atom. The smallest absolute Gasteiger partial charge is 0.207 e. The summed E-state index contributed by atoms with van der Waals surface area (Å²) in [6.45, 7) is 0. The van der Waals surface area contributed by atoms with Crippen molar-refractivity contribution in [2.45, 2.75) is 9.79 Å². The fourth-order valence-electron chi connectivity index (χ4n) is 3.26. The Balaban J connectivity index is 2.02. The first-order chi connectivity index (χ1) is 13.6. The minimum absolute atomic E-state index is 0.222. The molecular weight excluding hydrogens is 388 g/mol. The lowest BCUT2D eigenvalue weighted by atomic mass is 9.94. The molecule has 0 saturated heterocycles. The molecule has 0 aliphatic rings. The molecule has 0 atom stereocenters. The predicted octanol–water partition coefficient (Wildman–Crippen LogP) is 6.51. The number of hydrogen-bond acceptors (Lipinski definition) is 2. The van der Waals surface area contributed by atoms with Crippen molar-refractivity contribution >= 4 is 21.4 Å². The Labute approximate surface area is 170 Å². The summed E-state index contributed by atoms with van der Waals surface area (Å²) >= 11 is 5.95. The van der Waals surface area contributed by atoms with Gasteiger partial charge >= 0.3 is 0 Å². The highest BCUT2D eigenvalue weighted by molar-refractivity contribution is 7.91. The largest absolute Gasteiger partial charge is 0.218 e. The minimum atomic E-state index is -3.72. The van der Waals surface area contributed by atoms with Gasteiger partial charge in [-0.25, -0.2) is 8.42 Å². The first-order valence-electron chi connectivity index (χ1n) is 8.82. The van der Waals surface area contributed by atoms with Gasteiger partial charge in [-0.3, -0.25) is 0 Å². The second-order valence-electron chi connectivity index (χ2n) is 6.37. The average molecular weight is 405 g/mol. The van der Waals surface area contributed by atoms with Gasteiger partial charge in [-0.1, -0.05) is 84.4 Å². The van der Waals surface area contributed by atoms with Crippen molar-refractivity contribution in [3.05, 3.63) is 108 Å². The van der Waals surface area contributed by atoms with E-state index >= 15 is 0 Å². The summed E-state index contributed by atoms with van der Waals surface area (Å²) in [5, 5.41) is 0.500. The molecule has 0 aliphatic heterocycles. The van der Waals surface area contributed by atoms with E-state index in [2.05, 4.69) is 0 Å². The molecule has 0 aliphatic carbocycles. The first kappa shape index (κ1) is 18.5. The van der Waals surface area contributed by atoms with Crippen LogP contribution in [0.1, 0.15) is 0 Å². The van der Waals surface area contributed by atoms with Gasteiger partial charge in [0.15, 0.2) is 0 Å². The number of halogens is 1. The molecule has 0 bridgehead atoms. The van der Waals surface area contributed by atoms with E-state index < -0.39 is 9.84 Å². The average Bonchev–Trinajstić information content (AvgIpc) is 2.75. The summed E-state index contributed by atoms with van der Waals surface area (Å²) in [4.78, 5) is 0.502. The van der Waals surface area contributed by atoms with Gasteiger partial charge in [-0.05, 0) is 47.0 Å². The van der Waals surface area contributed by atoms with Crippen LogP contribution in [0.25, 0.3) is 22.3 Å². The van der Waals surface area contributed by atoms with Crippen molar-refractivity contribution < 1.29 is 8.42 Å². The van der Waals surface area contributed by atoms with Crippen LogP contribution in [0.15, 0.2) is 113 Å². The van der Waals surface area contributed by atoms with Gasteiger partial charge in [-0.15, -0.1) is 0 Å². The van der Waals surface area contributed by atoms with E-state index in [1.807, 2.05) is 66.7 Å². The Hall–Kier alpha value is -2.88. The van der Waals surface area contributed by atoms with Crippen molar-refractivity contribution in [2.75, 3.05) is 0 Å². The van der Waals surface area contributed by atoms with Gasteiger partial charge in [-0.2, -0.15) is 0 Å². The third-order valence-electron chi connectivity index (χ3n) is 4.59. The molecule has 0 fully saturated rings. The van der Waals surface area contributed by atoms with Crippen molar-refractivity contribution in [3.63, 3.8) is 0 Å². The van der Waals surface area contributed by atoms with Gasteiger partial charge in [0.25, 0.3) is 0 Å². The molecule has 0 aromatic heterocycles. The third kappa shape index (κ3) is 3.47. The molecule has 0 N–H and O–H groups in total. The van der Waals surface area contributed by atoms with E-state index in [4.69, 9.17) is 11.6 Å². The quantitative estimate of drug-likeness (QED) is 0.388. The standard InChI is InChI=1S/C24H17ClO2S/c25-20-14-16-21(17-15-20)28(26,27)23-13-7-12-22(18-8-3-1-4-9-18)24(23)19-10-5-2-6-11-19/h1-17H. The minimum Gasteiger partial charge on any atom is -0.218 e. The van der Waals surface area contributed by atoms with E-state index in [1.165, 1.54) is 0 Å². The second-order valence-corrected chi connectivity index (χ2v) is 8.72. The molecule has 2 nitrogen and oxygen atoms in total. The van der Waals surface area contributed by atoms with Crippen molar-refractivity contribution in [1.82, 2.24) is 0 Å². The zero-order valence-electron chi connectivity index (χ0n) is 14.9. The van der Waals surface area contributed by atoms with Crippen molar-refractivity contribution in [3.8, 4) is 22.3 Å². The number of benzene rings is 4. The summed E-state index contributed by atoms with van der Waals surface area (Å²) in [6, 6.07) is 31.1. The summed E-state index contributed by atoms with van der Waals surface area (Å²) in [6.07, 6.45) is 0. The highest BCUT2D eigenvalue weighted by atomic mass is 35.5. The topological polar surface area (TPSA) is 34.1 Å². The summed E-state index contributed by atoms with van der Waals surface area (Å²) in [5.74, 6) is 0. The molecule has 0 heterocycles. The molecule has 0 amide bonds. The summed E-state index contributed by atoms with van der Waals surface area (Å²) < 4.78 is 27.0. The van der Waals surface area contributed by atoms with E-state index in [9.17, 15) is 8.42 Å². The number of rotatable bonds is 4. The van der Waals surface area contributed by atoms with Crippen LogP contribution < -0.4 is 0 Å². The monoisotopic (exact) mass is 404 g/mol. The molecule has 4 heteroatoms. The maximum Gasteiger partial charge on any atom is 0.207 e. The fourth-order valence-corrected chi connectivity index (χ4v) is 4.89. The van der Waals surface area contributed by atoms with Crippen molar-refractivity contribution in [2.24, 2.45) is 0 Å². The van der Waals surface area contributed by atoms with E-state index in [-0.39, 0.29) is 9.79 Å². The molecule has 138 valence electrons. The highest BCUT2D eigenvalue weighted by Gasteiger charge is 2.24. The zero-order chi connectivity index (χ0) is 19.6. The van der Waals surface area contributed by atoms with Crippen LogP contribution in [0.2, 0.25) is 5.02 Å². The van der Waals surface area contributed by atoms with Gasteiger partial charge in [0.1, 0.15) is 0 Å². The third-order valence-corrected chi connectivity index (χ3v) is 6.65. The fraction of sp³-hybridized carbons (Fsp3) is 0. The lowest BCUT2D eigenvalue weighted by molar-refractivity contribution is 0.596. The van der Waals surface area contributed by atoms with Gasteiger partial charge in [0, 0.05) is 10.6 Å². The Bertz CT molecular complexity index is 1200. The molecule has 4 rings (SSSR count). The molecule has 0 radical (unpaired) electrons. The lowest BCUT2D eigenvalue weighted by Gasteiger charge is -2.16. The van der Waals surface area contributed by atoms with Gasteiger partial charge in [0.05, 0.1) is 9.79 Å². The van der Waals surface area contributed by atoms with Crippen molar-refractivity contribution in [1.29, 1.82) is 0 Å². The number of hydrogen-bond donors (Lipinski definition) is 0. The lowest BCUT2D eigenvalue weighted by Crippen LogP contribution is -2.05. The van der Waals surface area contributed by atoms with Crippen LogP contribution in [0.3, 0.4) is 0 Å². The summed E-state index contributed by atoms with van der Waals surface area (Å²) in [5.41, 5.74) is 3.40. The number of sulfone groups is 1. The Morgan fingerprint density at radius 1 is 0.571 bits per heavy atom. The molecular formula is C24H17ClO2S. The summed E-state index contributed by atoms with van der Waals surface area (Å²) in [7, 11) is -3.72. The second kappa shape index (κ2) is 7.63. The van der Waals surface area contributed by atoms with Gasteiger partial charge in [0.2, 0.25) is 9.84 Å². The van der Waals surface area contributed by atoms with Crippen LogP contribution in [0, 0.1) is 0 Å². The van der Waals surface area contributed by atoms with Crippen LogP contribution in [-0.4, -0.2) is 8.42 Å². The Kier molecular flexibility index (Phi) is 5.03. The molecule has 0 spiro atoms. The molecule has 0 saturated carbocycles. The van der Waals surface area contributed by atoms with Crippen LogP contribution in [0.4, 0.5) is 0 Å². The molecule has 4 aromatic rings. The van der Waals surface area contributed by atoms with Gasteiger partial charge < -0.3 is 0 Å². The molecule has 4 aromatic carbocycles. The SMILES string of the molecule is O=S(=O)(c1ccc(Cl)cc1)c1cccc(-c2ccccc2)c1-c1ccccc1. The van der Waals surface area contributed by atoms with E-state index in [1.54, 1.807) is 36.4 Å². The first-order valence-corrected chi connectivity index (χ1v) is 10.7. The normalized spacial score (nSPS) is 11.3. The van der Waals surface area contributed by atoms with E-state index in [0.29, 0.717) is 10.6 Å². The molecule has 0 unspecified atom stereocenters. The predicted molar refractivity (Wildman–Crippen MR) is 114 cm³/mol. The maximum absolute atomic E-state index is 13.5. The van der Waals surface area contributed by atoms with Crippen LogP contribution in [-0.2, 0) is 9.84 Å². The van der Waals surface area contributed by atoms with Crippen LogP contribution in [0.5, 0.6) is 0 Å². The zero-order valence-corrected chi connectivity index (χ0v) is 16.5. The van der Waals surface area contributed by atoms with Crippen LogP contribution >= 0.6 is 11.6 Å². The van der Waals surface area contributed by atoms with E-state index in [0.717, 1.165) is 16.7 Å². The Morgan fingerprint density at radius 3 is 1.75 bits per heavy atom. The highest BCUT2D eigenvalue weighted by Crippen LogP contribution is 2.39. The molecule has 28 heavy (non-hydrogen) atoms.